The summed E-state index contributed by atoms with van der Waals surface area (Å²) in [5.74, 6) is 0.945. The molecule has 0 saturated carbocycles. The van der Waals surface area contributed by atoms with Crippen LogP contribution < -0.4 is 15.0 Å². The van der Waals surface area contributed by atoms with Gasteiger partial charge in [0.15, 0.2) is 0 Å². The van der Waals surface area contributed by atoms with E-state index in [1.165, 1.54) is 0 Å². The predicted molar refractivity (Wildman–Crippen MR) is 103 cm³/mol. The number of benzene rings is 1. The van der Waals surface area contributed by atoms with Crippen LogP contribution in [-0.2, 0) is 4.79 Å². The summed E-state index contributed by atoms with van der Waals surface area (Å²) >= 11 is 0. The first-order valence-electron chi connectivity index (χ1n) is 10.0. The Hall–Kier alpha value is -2.28. The molecule has 0 aliphatic carbocycles. The molecular weight excluding hydrogens is 344 g/mol. The summed E-state index contributed by atoms with van der Waals surface area (Å²) in [5.41, 5.74) is 0.878. The van der Waals surface area contributed by atoms with Crippen LogP contribution >= 0.6 is 0 Å². The van der Waals surface area contributed by atoms with Crippen molar-refractivity contribution in [2.24, 2.45) is 0 Å². The van der Waals surface area contributed by atoms with E-state index >= 15 is 0 Å². The Morgan fingerprint density at radius 2 is 1.96 bits per heavy atom. The van der Waals surface area contributed by atoms with E-state index in [4.69, 9.17) is 4.74 Å². The molecule has 3 heterocycles. The summed E-state index contributed by atoms with van der Waals surface area (Å²) in [6.45, 7) is 5.49. The first kappa shape index (κ1) is 18.1. The Labute approximate surface area is 160 Å². The van der Waals surface area contributed by atoms with Gasteiger partial charge in [-0.05, 0) is 31.4 Å². The third kappa shape index (κ3) is 4.03. The molecule has 4 rings (SSSR count). The molecule has 1 N–H and O–H groups in total. The number of carbonyl (C=O) groups excluding carboxylic acids is 2. The molecule has 1 aromatic rings. The summed E-state index contributed by atoms with van der Waals surface area (Å²) in [7, 11) is 0. The van der Waals surface area contributed by atoms with Crippen LogP contribution in [0.5, 0.6) is 5.75 Å². The third-order valence-corrected chi connectivity index (χ3v) is 5.78. The second-order valence-corrected chi connectivity index (χ2v) is 7.46. The molecule has 3 aliphatic rings. The van der Waals surface area contributed by atoms with E-state index in [-0.39, 0.29) is 11.9 Å². The van der Waals surface area contributed by atoms with Crippen LogP contribution in [0.2, 0.25) is 0 Å². The molecule has 0 radical (unpaired) electrons. The number of nitrogens with zero attached hydrogens (tertiary/aromatic N) is 3. The van der Waals surface area contributed by atoms with Gasteiger partial charge in [0, 0.05) is 45.2 Å². The van der Waals surface area contributed by atoms with Crippen molar-refractivity contribution in [2.45, 2.75) is 31.7 Å². The van der Waals surface area contributed by atoms with E-state index in [0.717, 1.165) is 63.4 Å². The Bertz CT molecular complexity index is 688. The van der Waals surface area contributed by atoms with Gasteiger partial charge in [-0.25, -0.2) is 4.79 Å². The van der Waals surface area contributed by atoms with E-state index in [0.29, 0.717) is 25.6 Å². The summed E-state index contributed by atoms with van der Waals surface area (Å²) < 4.78 is 5.63. The van der Waals surface area contributed by atoms with Crippen LogP contribution in [0.25, 0.3) is 0 Å². The Kier molecular flexibility index (Phi) is 5.48. The standard InChI is InChI=1S/C20H28N4O3/c25-19(24-14-15-27-18-5-2-1-4-17(18)24)8-13-22-11-6-16(7-12-22)23-10-3-9-21-20(23)26/h1-2,4-5,16H,3,6-15H2,(H,21,26). The summed E-state index contributed by atoms with van der Waals surface area (Å²) in [5, 5.41) is 2.94. The van der Waals surface area contributed by atoms with Gasteiger partial charge in [0.1, 0.15) is 12.4 Å². The van der Waals surface area contributed by atoms with Crippen molar-refractivity contribution < 1.29 is 14.3 Å². The van der Waals surface area contributed by atoms with Crippen LogP contribution in [0, 0.1) is 0 Å². The number of urea groups is 1. The van der Waals surface area contributed by atoms with Crippen molar-refractivity contribution in [3.63, 3.8) is 0 Å². The van der Waals surface area contributed by atoms with E-state index in [1.54, 1.807) is 0 Å². The highest BCUT2D eigenvalue weighted by atomic mass is 16.5. The van der Waals surface area contributed by atoms with Crippen molar-refractivity contribution in [3.8, 4) is 5.75 Å². The minimum atomic E-state index is 0.0841. The molecular formula is C20H28N4O3. The van der Waals surface area contributed by atoms with Gasteiger partial charge in [-0.2, -0.15) is 0 Å². The molecule has 1 aromatic carbocycles. The number of piperidine rings is 1. The highest BCUT2D eigenvalue weighted by Gasteiger charge is 2.30. The monoisotopic (exact) mass is 372 g/mol. The number of nitrogens with one attached hydrogen (secondary N) is 1. The molecule has 0 aromatic heterocycles. The molecule has 0 unspecified atom stereocenters. The van der Waals surface area contributed by atoms with Crippen LogP contribution in [0.4, 0.5) is 10.5 Å². The average Bonchev–Trinajstić information content (AvgIpc) is 2.72. The van der Waals surface area contributed by atoms with Gasteiger partial charge >= 0.3 is 6.03 Å². The SMILES string of the molecule is O=C(CCN1CCC(N2CCCNC2=O)CC1)N1CCOc2ccccc21. The van der Waals surface area contributed by atoms with E-state index in [2.05, 4.69) is 10.2 Å². The van der Waals surface area contributed by atoms with Gasteiger partial charge < -0.3 is 24.8 Å². The van der Waals surface area contributed by atoms with Gasteiger partial charge in [0.25, 0.3) is 0 Å². The molecule has 2 saturated heterocycles. The fourth-order valence-electron chi connectivity index (χ4n) is 4.27. The zero-order valence-electron chi connectivity index (χ0n) is 15.7. The fourth-order valence-corrected chi connectivity index (χ4v) is 4.27. The number of likely N-dealkylation sites (tertiary alicyclic amines) is 1. The van der Waals surface area contributed by atoms with Gasteiger partial charge in [-0.3, -0.25) is 4.79 Å². The number of para-hydroxylation sites is 2. The van der Waals surface area contributed by atoms with Crippen molar-refractivity contribution in [1.82, 2.24) is 15.1 Å². The number of rotatable bonds is 4. The van der Waals surface area contributed by atoms with Crippen molar-refractivity contribution in [2.75, 3.05) is 50.8 Å². The maximum absolute atomic E-state index is 12.7. The number of anilines is 1. The highest BCUT2D eigenvalue weighted by molar-refractivity contribution is 5.95. The van der Waals surface area contributed by atoms with Gasteiger partial charge in [0.05, 0.1) is 12.2 Å². The van der Waals surface area contributed by atoms with E-state index < -0.39 is 0 Å². The number of ether oxygens (including phenoxy) is 1. The van der Waals surface area contributed by atoms with E-state index in [9.17, 15) is 9.59 Å². The smallest absolute Gasteiger partial charge is 0.317 e. The molecule has 0 spiro atoms. The number of hydrogen-bond acceptors (Lipinski definition) is 4. The van der Waals surface area contributed by atoms with Crippen molar-refractivity contribution in [3.05, 3.63) is 24.3 Å². The van der Waals surface area contributed by atoms with Crippen LogP contribution in [0.1, 0.15) is 25.7 Å². The second-order valence-electron chi connectivity index (χ2n) is 7.46. The zero-order valence-corrected chi connectivity index (χ0v) is 15.7. The maximum Gasteiger partial charge on any atom is 0.317 e. The number of amides is 3. The Morgan fingerprint density at radius 3 is 2.78 bits per heavy atom. The largest absolute Gasteiger partial charge is 0.490 e. The molecule has 27 heavy (non-hydrogen) atoms. The fraction of sp³-hybridized carbons (Fsp3) is 0.600. The third-order valence-electron chi connectivity index (χ3n) is 5.78. The molecule has 0 atom stereocenters. The summed E-state index contributed by atoms with van der Waals surface area (Å²) in [6.07, 6.45) is 3.52. The number of fused-ring (bicyclic) bond motifs is 1. The highest BCUT2D eigenvalue weighted by Crippen LogP contribution is 2.31. The Morgan fingerprint density at radius 1 is 1.15 bits per heavy atom. The first-order chi connectivity index (χ1) is 13.2. The lowest BCUT2D eigenvalue weighted by molar-refractivity contribution is -0.119. The quantitative estimate of drug-likeness (QED) is 0.873. The Balaban J connectivity index is 1.26. The maximum atomic E-state index is 12.7. The minimum Gasteiger partial charge on any atom is -0.490 e. The number of hydrogen-bond donors (Lipinski definition) is 1. The van der Waals surface area contributed by atoms with Gasteiger partial charge in [-0.15, -0.1) is 0 Å². The molecule has 146 valence electrons. The molecule has 3 aliphatic heterocycles. The molecule has 3 amide bonds. The topological polar surface area (TPSA) is 65.1 Å². The lowest BCUT2D eigenvalue weighted by atomic mass is 10.0. The van der Waals surface area contributed by atoms with Crippen LogP contribution in [0.15, 0.2) is 24.3 Å². The molecule has 7 nitrogen and oxygen atoms in total. The predicted octanol–water partition coefficient (Wildman–Crippen LogP) is 1.68. The van der Waals surface area contributed by atoms with Crippen LogP contribution in [-0.4, -0.2) is 73.7 Å². The molecule has 2 fully saturated rings. The van der Waals surface area contributed by atoms with Gasteiger partial charge in [0.2, 0.25) is 5.91 Å². The van der Waals surface area contributed by atoms with E-state index in [1.807, 2.05) is 34.1 Å². The molecule has 7 heteroatoms. The lowest BCUT2D eigenvalue weighted by Crippen LogP contribution is -2.54. The summed E-state index contributed by atoms with van der Waals surface area (Å²) in [6, 6.07) is 8.15. The van der Waals surface area contributed by atoms with Gasteiger partial charge in [-0.1, -0.05) is 12.1 Å². The normalized spacial score (nSPS) is 21.4. The minimum absolute atomic E-state index is 0.0841. The second kappa shape index (κ2) is 8.17. The van der Waals surface area contributed by atoms with Crippen LogP contribution in [0.3, 0.4) is 0 Å². The lowest BCUT2D eigenvalue weighted by Gasteiger charge is -2.40. The number of carbonyl (C=O) groups is 2. The average molecular weight is 372 g/mol. The molecule has 0 bridgehead atoms. The summed E-state index contributed by atoms with van der Waals surface area (Å²) in [4.78, 5) is 30.9. The zero-order chi connectivity index (χ0) is 18.6. The van der Waals surface area contributed by atoms with Crippen molar-refractivity contribution >= 4 is 17.6 Å². The first-order valence-corrected chi connectivity index (χ1v) is 10.0. The van der Waals surface area contributed by atoms with Crippen molar-refractivity contribution in [1.29, 1.82) is 0 Å².